The lowest BCUT2D eigenvalue weighted by Crippen LogP contribution is -2.51. The molecule has 0 aromatic heterocycles. The van der Waals surface area contributed by atoms with E-state index in [1.54, 1.807) is 13.8 Å². The van der Waals surface area contributed by atoms with Gasteiger partial charge in [-0.05, 0) is 25.3 Å². The molecule has 0 spiro atoms. The number of carboxylic acid groups (broad SMARTS) is 1. The Bertz CT molecular complexity index is 482. The van der Waals surface area contributed by atoms with Gasteiger partial charge in [-0.1, -0.05) is 44.2 Å². The van der Waals surface area contributed by atoms with E-state index in [0.717, 1.165) is 5.56 Å². The Morgan fingerprint density at radius 1 is 1.24 bits per heavy atom. The van der Waals surface area contributed by atoms with Crippen molar-refractivity contribution >= 4 is 12.1 Å². The zero-order valence-corrected chi connectivity index (χ0v) is 12.9. The Kier molecular flexibility index (Phi) is 5.76. The molecule has 0 aliphatic rings. The molecule has 0 unspecified atom stereocenters. The first-order chi connectivity index (χ1) is 9.75. The van der Waals surface area contributed by atoms with Gasteiger partial charge in [-0.15, -0.1) is 0 Å². The van der Waals surface area contributed by atoms with Crippen molar-refractivity contribution in [1.29, 1.82) is 0 Å². The van der Waals surface area contributed by atoms with Crippen LogP contribution in [0.2, 0.25) is 0 Å². The molecule has 0 saturated heterocycles. The number of rotatable bonds is 6. The lowest BCUT2D eigenvalue weighted by Gasteiger charge is -2.33. The van der Waals surface area contributed by atoms with E-state index in [1.165, 1.54) is 0 Å². The summed E-state index contributed by atoms with van der Waals surface area (Å²) in [5, 5.41) is 12.0. The molecule has 0 aliphatic heterocycles. The minimum absolute atomic E-state index is 0.0274. The molecule has 0 fully saturated rings. The average Bonchev–Trinajstić information content (AvgIpc) is 2.43. The summed E-state index contributed by atoms with van der Waals surface area (Å²) in [5.74, 6) is -0.982. The Balaban J connectivity index is 2.63. The Morgan fingerprint density at radius 2 is 1.81 bits per heavy atom. The number of benzene rings is 1. The minimum Gasteiger partial charge on any atom is -0.481 e. The molecule has 0 radical (unpaired) electrons. The smallest absolute Gasteiger partial charge is 0.407 e. The topological polar surface area (TPSA) is 75.6 Å². The number of amides is 1. The average molecular weight is 293 g/mol. The fourth-order valence-corrected chi connectivity index (χ4v) is 2.21. The summed E-state index contributed by atoms with van der Waals surface area (Å²) in [6.45, 7) is 7.08. The van der Waals surface area contributed by atoms with E-state index in [0.29, 0.717) is 0 Å². The van der Waals surface area contributed by atoms with Crippen molar-refractivity contribution in [2.45, 2.75) is 40.3 Å². The minimum atomic E-state index is -1.07. The van der Waals surface area contributed by atoms with Crippen LogP contribution in [-0.4, -0.2) is 23.2 Å². The van der Waals surface area contributed by atoms with Crippen LogP contribution in [0.3, 0.4) is 0 Å². The fourth-order valence-electron chi connectivity index (χ4n) is 2.21. The van der Waals surface area contributed by atoms with E-state index in [2.05, 4.69) is 5.32 Å². The first-order valence-electron chi connectivity index (χ1n) is 6.95. The largest absolute Gasteiger partial charge is 0.481 e. The number of hydrogen-bond acceptors (Lipinski definition) is 3. The molecule has 0 bridgehead atoms. The lowest BCUT2D eigenvalue weighted by atomic mass is 9.78. The second kappa shape index (κ2) is 7.11. The van der Waals surface area contributed by atoms with Gasteiger partial charge in [0.05, 0.1) is 11.5 Å². The van der Waals surface area contributed by atoms with Gasteiger partial charge in [-0.2, -0.15) is 0 Å². The van der Waals surface area contributed by atoms with Crippen molar-refractivity contribution < 1.29 is 19.4 Å². The number of nitrogens with one attached hydrogen (secondary N) is 1. The molecule has 2 N–H and O–H groups in total. The number of ether oxygens (including phenoxy) is 1. The monoisotopic (exact) mass is 293 g/mol. The van der Waals surface area contributed by atoms with Crippen LogP contribution in [0.1, 0.15) is 33.3 Å². The molecule has 1 rings (SSSR count). The summed E-state index contributed by atoms with van der Waals surface area (Å²) in [5.41, 5.74) is -0.189. The Labute approximate surface area is 125 Å². The molecule has 0 aliphatic carbocycles. The molecule has 5 nitrogen and oxygen atoms in total. The number of carboxylic acids is 1. The highest BCUT2D eigenvalue weighted by Crippen LogP contribution is 2.26. The van der Waals surface area contributed by atoms with Crippen LogP contribution in [0.15, 0.2) is 30.3 Å². The molecular formula is C16H23NO4. The molecule has 1 aromatic rings. The quantitative estimate of drug-likeness (QED) is 0.845. The highest BCUT2D eigenvalue weighted by molar-refractivity contribution is 5.76. The second-order valence-electron chi connectivity index (χ2n) is 5.95. The molecule has 21 heavy (non-hydrogen) atoms. The van der Waals surface area contributed by atoms with E-state index in [1.807, 2.05) is 44.2 Å². The van der Waals surface area contributed by atoms with Crippen LogP contribution < -0.4 is 5.32 Å². The summed E-state index contributed by atoms with van der Waals surface area (Å²) in [7, 11) is 0. The maximum Gasteiger partial charge on any atom is 0.407 e. The summed E-state index contributed by atoms with van der Waals surface area (Å²) in [4.78, 5) is 23.2. The van der Waals surface area contributed by atoms with Crippen molar-refractivity contribution in [2.24, 2.45) is 11.3 Å². The molecule has 1 atom stereocenters. The highest BCUT2D eigenvalue weighted by atomic mass is 16.5. The third kappa shape index (κ3) is 4.77. The number of alkyl carbamates (subject to hydrolysis) is 1. The SMILES string of the molecule is CC(C)[C@H](NC(=O)OCc1ccccc1)C(C)(C)C(=O)O. The maximum absolute atomic E-state index is 11.9. The van der Waals surface area contributed by atoms with Crippen molar-refractivity contribution in [1.82, 2.24) is 5.32 Å². The molecular weight excluding hydrogens is 270 g/mol. The third-order valence-electron chi connectivity index (χ3n) is 3.48. The van der Waals surface area contributed by atoms with Gasteiger partial charge in [0.1, 0.15) is 6.61 Å². The van der Waals surface area contributed by atoms with E-state index in [9.17, 15) is 14.7 Å². The Hall–Kier alpha value is -2.04. The van der Waals surface area contributed by atoms with Gasteiger partial charge in [-0.25, -0.2) is 4.79 Å². The van der Waals surface area contributed by atoms with E-state index >= 15 is 0 Å². The molecule has 1 amide bonds. The maximum atomic E-state index is 11.9. The van der Waals surface area contributed by atoms with Gasteiger partial charge in [0.2, 0.25) is 0 Å². The van der Waals surface area contributed by atoms with Gasteiger partial charge >= 0.3 is 12.1 Å². The van der Waals surface area contributed by atoms with Gasteiger partial charge in [0.15, 0.2) is 0 Å². The third-order valence-corrected chi connectivity index (χ3v) is 3.48. The van der Waals surface area contributed by atoms with Crippen LogP contribution in [0.5, 0.6) is 0 Å². The summed E-state index contributed by atoms with van der Waals surface area (Å²) in [6.07, 6.45) is -0.605. The standard InChI is InChI=1S/C16H23NO4/c1-11(2)13(16(3,4)14(18)19)17-15(20)21-10-12-8-6-5-7-9-12/h5-9,11,13H,10H2,1-4H3,(H,17,20)(H,18,19)/t13-/m0/s1. The highest BCUT2D eigenvalue weighted by Gasteiger charge is 2.39. The van der Waals surface area contributed by atoms with Crippen molar-refractivity contribution in [3.05, 3.63) is 35.9 Å². The molecule has 0 heterocycles. The van der Waals surface area contributed by atoms with Crippen LogP contribution in [0.25, 0.3) is 0 Å². The number of aliphatic carboxylic acids is 1. The lowest BCUT2D eigenvalue weighted by molar-refractivity contribution is -0.149. The van der Waals surface area contributed by atoms with Crippen molar-refractivity contribution in [3.8, 4) is 0 Å². The predicted molar refractivity (Wildman–Crippen MR) is 79.8 cm³/mol. The summed E-state index contributed by atoms with van der Waals surface area (Å²) >= 11 is 0. The van der Waals surface area contributed by atoms with Crippen LogP contribution in [0.4, 0.5) is 4.79 Å². The fraction of sp³-hybridized carbons (Fsp3) is 0.500. The Morgan fingerprint density at radius 3 is 2.29 bits per heavy atom. The normalized spacial score (nSPS) is 12.8. The number of carbonyl (C=O) groups excluding carboxylic acids is 1. The van der Waals surface area contributed by atoms with Crippen LogP contribution in [0, 0.1) is 11.3 Å². The van der Waals surface area contributed by atoms with Gasteiger partial charge in [0, 0.05) is 0 Å². The van der Waals surface area contributed by atoms with E-state index in [4.69, 9.17) is 4.74 Å². The first-order valence-corrected chi connectivity index (χ1v) is 6.95. The first kappa shape index (κ1) is 17.0. The number of hydrogen-bond donors (Lipinski definition) is 2. The van der Waals surface area contributed by atoms with Crippen LogP contribution in [-0.2, 0) is 16.1 Å². The van der Waals surface area contributed by atoms with Crippen molar-refractivity contribution in [2.75, 3.05) is 0 Å². The predicted octanol–water partition coefficient (Wildman–Crippen LogP) is 3.05. The molecule has 5 heteroatoms. The number of carbonyl (C=O) groups is 2. The zero-order chi connectivity index (χ0) is 16.0. The van der Waals surface area contributed by atoms with Crippen LogP contribution >= 0.6 is 0 Å². The van der Waals surface area contributed by atoms with Gasteiger partial charge < -0.3 is 15.2 Å². The summed E-state index contributed by atoms with van der Waals surface area (Å²) < 4.78 is 5.14. The van der Waals surface area contributed by atoms with Crippen molar-refractivity contribution in [3.63, 3.8) is 0 Å². The molecule has 116 valence electrons. The van der Waals surface area contributed by atoms with E-state index < -0.39 is 23.5 Å². The van der Waals surface area contributed by atoms with Gasteiger partial charge in [-0.3, -0.25) is 4.79 Å². The second-order valence-corrected chi connectivity index (χ2v) is 5.95. The zero-order valence-electron chi connectivity index (χ0n) is 12.9. The van der Waals surface area contributed by atoms with E-state index in [-0.39, 0.29) is 12.5 Å². The molecule has 1 aromatic carbocycles. The summed E-state index contributed by atoms with van der Waals surface area (Å²) in [6, 6.07) is 8.80. The van der Waals surface area contributed by atoms with Gasteiger partial charge in [0.25, 0.3) is 0 Å². The molecule has 0 saturated carbocycles.